The lowest BCUT2D eigenvalue weighted by atomic mass is 9.58. The van der Waals surface area contributed by atoms with Crippen LogP contribution in [0.3, 0.4) is 0 Å². The van der Waals surface area contributed by atoms with E-state index in [0.717, 1.165) is 19.0 Å². The second kappa shape index (κ2) is 10.8. The number of esters is 1. The highest BCUT2D eigenvalue weighted by atomic mass is 28.3. The van der Waals surface area contributed by atoms with Gasteiger partial charge in [-0.2, -0.15) is 0 Å². The number of aliphatic imine (C=N–C) groups is 1. The summed E-state index contributed by atoms with van der Waals surface area (Å²) < 4.78 is 5.86. The van der Waals surface area contributed by atoms with Crippen LogP contribution >= 0.6 is 0 Å². The van der Waals surface area contributed by atoms with Crippen LogP contribution in [0.2, 0.25) is 19.6 Å². The van der Waals surface area contributed by atoms with Gasteiger partial charge < -0.3 is 14.7 Å². The van der Waals surface area contributed by atoms with Crippen LogP contribution in [-0.4, -0.2) is 73.1 Å². The fourth-order valence-electron chi connectivity index (χ4n) is 5.58. The fraction of sp³-hybridized carbons (Fsp3) is 0.654. The van der Waals surface area contributed by atoms with E-state index in [4.69, 9.17) is 4.74 Å². The van der Waals surface area contributed by atoms with E-state index in [-0.39, 0.29) is 5.69 Å². The predicted octanol–water partition coefficient (Wildman–Crippen LogP) is 4.38. The molecule has 1 aromatic rings. The number of carboxylic acid groups (broad SMARTS) is 1. The van der Waals surface area contributed by atoms with Crippen molar-refractivity contribution in [1.82, 2.24) is 4.90 Å². The standard InChI is InChI=1S/C26H39N3O6Si/c1-17-22(24(30)31)23(20-8-7-9-21(14-20)29(33)34)26(18(2)27-17,25(32)35-15-19-10-11-19)12-13-28(3)16-36(4,5)6/h7-9,14,18-19,22-23H,10-13,15-16H2,1-6H3,(H,30,31). The van der Waals surface area contributed by atoms with Gasteiger partial charge in [0.1, 0.15) is 5.92 Å². The zero-order chi connectivity index (χ0) is 26.8. The average Bonchev–Trinajstić information content (AvgIpc) is 3.59. The maximum atomic E-state index is 14.0. The minimum absolute atomic E-state index is 0.138. The number of nitro groups is 1. The molecule has 198 valence electrons. The second-order valence-electron chi connectivity index (χ2n) is 11.7. The highest BCUT2D eigenvalue weighted by Crippen LogP contribution is 2.52. The molecule has 1 aliphatic carbocycles. The molecule has 10 heteroatoms. The SMILES string of the molecule is CC1=NC(C)C(CCN(C)C[Si](C)(C)C)(C(=O)OCC2CC2)C(c2cccc([N+](=O)[O-])c2)C1C(=O)O. The van der Waals surface area contributed by atoms with E-state index in [1.807, 2.05) is 14.0 Å². The predicted molar refractivity (Wildman–Crippen MR) is 141 cm³/mol. The van der Waals surface area contributed by atoms with Gasteiger partial charge in [-0.1, -0.05) is 31.8 Å². The first kappa shape index (κ1) is 28.0. The number of non-ortho nitro benzene ring substituents is 1. The van der Waals surface area contributed by atoms with Gasteiger partial charge >= 0.3 is 11.9 Å². The Morgan fingerprint density at radius 2 is 1.97 bits per heavy atom. The number of hydrogen-bond acceptors (Lipinski definition) is 7. The molecule has 0 saturated heterocycles. The van der Waals surface area contributed by atoms with Crippen LogP contribution < -0.4 is 0 Å². The molecule has 1 saturated carbocycles. The lowest BCUT2D eigenvalue weighted by Gasteiger charge is -2.48. The summed E-state index contributed by atoms with van der Waals surface area (Å²) in [6.07, 6.45) is 3.28. The maximum Gasteiger partial charge on any atom is 0.314 e. The van der Waals surface area contributed by atoms with Crippen molar-refractivity contribution in [3.63, 3.8) is 0 Å². The molecule has 2 aliphatic rings. The topological polar surface area (TPSA) is 122 Å². The van der Waals surface area contributed by atoms with Crippen molar-refractivity contribution in [2.75, 3.05) is 26.4 Å². The third kappa shape index (κ3) is 6.21. The van der Waals surface area contributed by atoms with Gasteiger partial charge in [0.2, 0.25) is 0 Å². The Hall–Kier alpha value is -2.59. The molecule has 9 nitrogen and oxygen atoms in total. The molecule has 1 aromatic carbocycles. The van der Waals surface area contributed by atoms with Crippen LogP contribution in [0, 0.1) is 27.4 Å². The molecule has 0 radical (unpaired) electrons. The zero-order valence-corrected chi connectivity index (χ0v) is 23.2. The lowest BCUT2D eigenvalue weighted by molar-refractivity contribution is -0.385. The number of benzene rings is 1. The smallest absolute Gasteiger partial charge is 0.314 e. The van der Waals surface area contributed by atoms with Crippen LogP contribution in [0.15, 0.2) is 29.3 Å². The van der Waals surface area contributed by atoms with Gasteiger partial charge in [0, 0.05) is 23.8 Å². The summed E-state index contributed by atoms with van der Waals surface area (Å²) in [5.41, 5.74) is -0.553. The average molecular weight is 518 g/mol. The van der Waals surface area contributed by atoms with Gasteiger partial charge in [-0.05, 0) is 64.4 Å². The normalized spacial score (nSPS) is 26.4. The van der Waals surface area contributed by atoms with Crippen molar-refractivity contribution < 1.29 is 24.4 Å². The van der Waals surface area contributed by atoms with Crippen molar-refractivity contribution >= 4 is 31.4 Å². The van der Waals surface area contributed by atoms with E-state index in [1.165, 1.54) is 12.1 Å². The number of ether oxygens (including phenoxy) is 1. The molecule has 0 spiro atoms. The number of carbonyl (C=O) groups is 2. The highest BCUT2D eigenvalue weighted by molar-refractivity contribution is 6.76. The van der Waals surface area contributed by atoms with Gasteiger partial charge in [0.25, 0.3) is 5.69 Å². The summed E-state index contributed by atoms with van der Waals surface area (Å²) in [6.45, 7) is 11.2. The minimum atomic E-state index is -1.43. The number of aliphatic carboxylic acids is 1. The van der Waals surface area contributed by atoms with Gasteiger partial charge in [-0.3, -0.25) is 24.7 Å². The van der Waals surface area contributed by atoms with E-state index < -0.39 is 48.2 Å². The maximum absolute atomic E-state index is 14.0. The number of hydrogen-bond donors (Lipinski definition) is 1. The monoisotopic (exact) mass is 517 g/mol. The number of carboxylic acids is 1. The van der Waals surface area contributed by atoms with Gasteiger partial charge in [-0.15, -0.1) is 0 Å². The minimum Gasteiger partial charge on any atom is -0.481 e. The Labute approximate surface area is 214 Å². The molecule has 1 N–H and O–H groups in total. The van der Waals surface area contributed by atoms with Crippen LogP contribution in [-0.2, 0) is 14.3 Å². The van der Waals surface area contributed by atoms with Gasteiger partial charge in [-0.25, -0.2) is 0 Å². The Bertz CT molecular complexity index is 1030. The largest absolute Gasteiger partial charge is 0.481 e. The van der Waals surface area contributed by atoms with Crippen molar-refractivity contribution in [3.8, 4) is 0 Å². The first-order chi connectivity index (χ1) is 16.8. The van der Waals surface area contributed by atoms with E-state index in [1.54, 1.807) is 19.1 Å². The fourth-order valence-corrected chi connectivity index (χ4v) is 7.36. The van der Waals surface area contributed by atoms with Gasteiger partial charge in [0.15, 0.2) is 0 Å². The lowest BCUT2D eigenvalue weighted by Crippen LogP contribution is -2.56. The van der Waals surface area contributed by atoms with Crippen LogP contribution in [0.4, 0.5) is 5.69 Å². The van der Waals surface area contributed by atoms with Crippen LogP contribution in [0.5, 0.6) is 0 Å². The Morgan fingerprint density at radius 1 is 1.31 bits per heavy atom. The van der Waals surface area contributed by atoms with Crippen molar-refractivity contribution in [2.24, 2.45) is 22.2 Å². The molecule has 4 atom stereocenters. The van der Waals surface area contributed by atoms with E-state index in [2.05, 4.69) is 29.5 Å². The first-order valence-electron chi connectivity index (χ1n) is 12.6. The zero-order valence-electron chi connectivity index (χ0n) is 22.2. The Kier molecular flexibility index (Phi) is 8.39. The summed E-state index contributed by atoms with van der Waals surface area (Å²) in [5.74, 6) is -3.17. The first-order valence-corrected chi connectivity index (χ1v) is 16.3. The quantitative estimate of drug-likeness (QED) is 0.200. The third-order valence-corrected chi connectivity index (χ3v) is 8.85. The van der Waals surface area contributed by atoms with Crippen molar-refractivity contribution in [2.45, 2.75) is 64.7 Å². The molecule has 0 aromatic heterocycles. The van der Waals surface area contributed by atoms with Crippen molar-refractivity contribution in [1.29, 1.82) is 0 Å². The van der Waals surface area contributed by atoms with Crippen LogP contribution in [0.25, 0.3) is 0 Å². The van der Waals surface area contributed by atoms with Crippen LogP contribution in [0.1, 0.15) is 44.6 Å². The molecule has 0 amide bonds. The summed E-state index contributed by atoms with van der Waals surface area (Å²) in [4.78, 5) is 44.6. The molecule has 3 rings (SSSR count). The number of rotatable bonds is 11. The molecular formula is C26H39N3O6Si. The summed E-state index contributed by atoms with van der Waals surface area (Å²) in [5, 5.41) is 21.9. The summed E-state index contributed by atoms with van der Waals surface area (Å²) in [7, 11) is 0.587. The van der Waals surface area contributed by atoms with E-state index >= 15 is 0 Å². The highest BCUT2D eigenvalue weighted by Gasteiger charge is 2.59. The molecule has 1 fully saturated rings. The van der Waals surface area contributed by atoms with E-state index in [9.17, 15) is 24.8 Å². The van der Waals surface area contributed by atoms with E-state index in [0.29, 0.717) is 36.8 Å². The molecule has 0 bridgehead atoms. The summed E-state index contributed by atoms with van der Waals surface area (Å²) in [6, 6.07) is 5.47. The Morgan fingerprint density at radius 3 is 2.53 bits per heavy atom. The summed E-state index contributed by atoms with van der Waals surface area (Å²) >= 11 is 0. The molecule has 4 unspecified atom stereocenters. The van der Waals surface area contributed by atoms with Gasteiger partial charge in [0.05, 0.1) is 31.1 Å². The number of nitro benzene ring substituents is 1. The Balaban J connectivity index is 2.14. The molecular weight excluding hydrogens is 478 g/mol. The molecule has 1 aliphatic heterocycles. The number of nitrogens with zero attached hydrogens (tertiary/aromatic N) is 3. The third-order valence-electron chi connectivity index (χ3n) is 7.37. The number of carbonyl (C=O) groups excluding carboxylic acids is 1. The van der Waals surface area contributed by atoms with Crippen molar-refractivity contribution in [3.05, 3.63) is 39.9 Å². The second-order valence-corrected chi connectivity index (χ2v) is 17.2. The molecule has 36 heavy (non-hydrogen) atoms. The molecule has 1 heterocycles.